The molecule has 0 aliphatic heterocycles. The summed E-state index contributed by atoms with van der Waals surface area (Å²) < 4.78 is 0. The molecular formula is C16H15ClO. The van der Waals surface area contributed by atoms with Gasteiger partial charge in [0.2, 0.25) is 0 Å². The van der Waals surface area contributed by atoms with Crippen LogP contribution in [0.15, 0.2) is 54.6 Å². The minimum atomic E-state index is -0.405. The highest BCUT2D eigenvalue weighted by molar-refractivity contribution is 6.67. The average Bonchev–Trinajstić information content (AvgIpc) is 2.40. The van der Waals surface area contributed by atoms with Gasteiger partial charge in [0.25, 0.3) is 5.24 Å². The molecule has 1 atom stereocenters. The van der Waals surface area contributed by atoms with E-state index in [1.165, 1.54) is 11.1 Å². The lowest BCUT2D eigenvalue weighted by Gasteiger charge is -2.11. The molecule has 0 spiro atoms. The Morgan fingerprint density at radius 1 is 1.06 bits per heavy atom. The summed E-state index contributed by atoms with van der Waals surface area (Å²) in [5, 5.41) is -0.405. The summed E-state index contributed by atoms with van der Waals surface area (Å²) in [6.07, 6.45) is 0.959. The van der Waals surface area contributed by atoms with E-state index in [1.807, 2.05) is 18.2 Å². The van der Waals surface area contributed by atoms with Gasteiger partial charge in [-0.05, 0) is 47.2 Å². The smallest absolute Gasteiger partial charge is 0.252 e. The van der Waals surface area contributed by atoms with Crippen LogP contribution in [0.1, 0.15) is 34.3 Å². The summed E-state index contributed by atoms with van der Waals surface area (Å²) in [6.45, 7) is 2.20. The van der Waals surface area contributed by atoms with Crippen LogP contribution in [0.3, 0.4) is 0 Å². The summed E-state index contributed by atoms with van der Waals surface area (Å²) in [5.41, 5.74) is 3.09. The zero-order chi connectivity index (χ0) is 13.0. The molecule has 0 heterocycles. The Morgan fingerprint density at radius 3 is 2.22 bits per heavy atom. The van der Waals surface area contributed by atoms with E-state index >= 15 is 0 Å². The molecule has 0 aliphatic rings. The summed E-state index contributed by atoms with van der Waals surface area (Å²) in [6, 6.07) is 17.9. The molecule has 0 bridgehead atoms. The van der Waals surface area contributed by atoms with Crippen LogP contribution in [-0.4, -0.2) is 5.24 Å². The lowest BCUT2D eigenvalue weighted by molar-refractivity contribution is 0.108. The van der Waals surface area contributed by atoms with Crippen LogP contribution in [-0.2, 0) is 6.42 Å². The summed E-state index contributed by atoms with van der Waals surface area (Å²) >= 11 is 5.42. The molecule has 0 aromatic heterocycles. The molecule has 0 amide bonds. The summed E-state index contributed by atoms with van der Waals surface area (Å²) in [4.78, 5) is 11.0. The van der Waals surface area contributed by atoms with E-state index in [1.54, 1.807) is 12.1 Å². The Balaban J connectivity index is 2.08. The van der Waals surface area contributed by atoms with E-state index in [2.05, 4.69) is 31.2 Å². The van der Waals surface area contributed by atoms with Crippen molar-refractivity contribution >= 4 is 16.8 Å². The van der Waals surface area contributed by atoms with Crippen LogP contribution < -0.4 is 0 Å². The van der Waals surface area contributed by atoms with E-state index in [9.17, 15) is 4.79 Å². The molecule has 0 saturated heterocycles. The lowest BCUT2D eigenvalue weighted by atomic mass is 9.93. The van der Waals surface area contributed by atoms with Crippen molar-refractivity contribution in [3.8, 4) is 0 Å². The van der Waals surface area contributed by atoms with Gasteiger partial charge in [-0.1, -0.05) is 49.4 Å². The van der Waals surface area contributed by atoms with Crippen molar-refractivity contribution in [2.45, 2.75) is 19.3 Å². The maximum Gasteiger partial charge on any atom is 0.252 e. The second-order valence-corrected chi connectivity index (χ2v) is 4.83. The molecule has 2 aromatic carbocycles. The third kappa shape index (κ3) is 3.21. The van der Waals surface area contributed by atoms with Crippen molar-refractivity contribution in [1.29, 1.82) is 0 Å². The van der Waals surface area contributed by atoms with E-state index in [4.69, 9.17) is 11.6 Å². The van der Waals surface area contributed by atoms with E-state index < -0.39 is 5.24 Å². The normalized spacial score (nSPS) is 12.1. The summed E-state index contributed by atoms with van der Waals surface area (Å²) in [7, 11) is 0. The van der Waals surface area contributed by atoms with Gasteiger partial charge >= 0.3 is 0 Å². The molecule has 92 valence electrons. The standard InChI is InChI=1S/C16H15ClO/c1-12(14-5-3-2-4-6-14)11-13-7-9-15(10-8-13)16(17)18/h2-10,12H,11H2,1H3. The number of rotatable bonds is 4. The van der Waals surface area contributed by atoms with Crippen molar-refractivity contribution < 1.29 is 4.79 Å². The Bertz CT molecular complexity index is 517. The highest BCUT2D eigenvalue weighted by atomic mass is 35.5. The fourth-order valence-electron chi connectivity index (χ4n) is 2.02. The Morgan fingerprint density at radius 2 is 1.67 bits per heavy atom. The van der Waals surface area contributed by atoms with Crippen LogP contribution in [0.2, 0.25) is 0 Å². The number of halogens is 1. The van der Waals surface area contributed by atoms with Crippen molar-refractivity contribution in [3.63, 3.8) is 0 Å². The fraction of sp³-hybridized carbons (Fsp3) is 0.188. The number of hydrogen-bond donors (Lipinski definition) is 0. The molecule has 0 N–H and O–H groups in total. The average molecular weight is 259 g/mol. The van der Waals surface area contributed by atoms with Crippen LogP contribution in [0.25, 0.3) is 0 Å². The number of hydrogen-bond acceptors (Lipinski definition) is 1. The molecule has 0 fully saturated rings. The first-order valence-corrected chi connectivity index (χ1v) is 6.38. The largest absolute Gasteiger partial charge is 0.276 e. The van der Waals surface area contributed by atoms with Gasteiger partial charge in [-0.2, -0.15) is 0 Å². The molecule has 2 heteroatoms. The maximum atomic E-state index is 11.0. The van der Waals surface area contributed by atoms with Gasteiger partial charge in [0, 0.05) is 5.56 Å². The second-order valence-electron chi connectivity index (χ2n) is 4.49. The Labute approximate surface area is 112 Å². The minimum Gasteiger partial charge on any atom is -0.276 e. The zero-order valence-corrected chi connectivity index (χ0v) is 11.0. The number of carbonyl (C=O) groups excluding carboxylic acids is 1. The van der Waals surface area contributed by atoms with Gasteiger partial charge in [0.15, 0.2) is 0 Å². The van der Waals surface area contributed by atoms with Gasteiger partial charge in [-0.15, -0.1) is 0 Å². The first-order chi connectivity index (χ1) is 8.66. The molecule has 2 rings (SSSR count). The van der Waals surface area contributed by atoms with E-state index in [0.717, 1.165) is 6.42 Å². The van der Waals surface area contributed by atoms with Crippen LogP contribution in [0.5, 0.6) is 0 Å². The van der Waals surface area contributed by atoms with Gasteiger partial charge in [0.1, 0.15) is 0 Å². The van der Waals surface area contributed by atoms with Crippen molar-refractivity contribution in [2.24, 2.45) is 0 Å². The van der Waals surface area contributed by atoms with Gasteiger partial charge in [-0.25, -0.2) is 0 Å². The molecule has 0 aliphatic carbocycles. The highest BCUT2D eigenvalue weighted by Gasteiger charge is 2.07. The fourth-order valence-corrected chi connectivity index (χ4v) is 2.15. The first-order valence-electron chi connectivity index (χ1n) is 6.00. The molecule has 18 heavy (non-hydrogen) atoms. The highest BCUT2D eigenvalue weighted by Crippen LogP contribution is 2.20. The van der Waals surface area contributed by atoms with Crippen LogP contribution in [0.4, 0.5) is 0 Å². The predicted molar refractivity (Wildman–Crippen MR) is 75.2 cm³/mol. The van der Waals surface area contributed by atoms with Gasteiger partial charge in [-0.3, -0.25) is 4.79 Å². The molecule has 1 unspecified atom stereocenters. The van der Waals surface area contributed by atoms with Crippen molar-refractivity contribution in [1.82, 2.24) is 0 Å². The van der Waals surface area contributed by atoms with Gasteiger partial charge in [0.05, 0.1) is 0 Å². The third-order valence-corrected chi connectivity index (χ3v) is 3.31. The second kappa shape index (κ2) is 5.83. The van der Waals surface area contributed by atoms with Crippen molar-refractivity contribution in [3.05, 3.63) is 71.3 Å². The van der Waals surface area contributed by atoms with Crippen LogP contribution in [0, 0.1) is 0 Å². The lowest BCUT2D eigenvalue weighted by Crippen LogP contribution is -1.98. The predicted octanol–water partition coefficient (Wildman–Crippen LogP) is 4.41. The van der Waals surface area contributed by atoms with Crippen molar-refractivity contribution in [2.75, 3.05) is 0 Å². The Kier molecular flexibility index (Phi) is 4.16. The third-order valence-electron chi connectivity index (χ3n) is 3.09. The molecule has 0 saturated carbocycles. The Hall–Kier alpha value is -1.60. The molecular weight excluding hydrogens is 244 g/mol. The number of carbonyl (C=O) groups is 1. The minimum absolute atomic E-state index is 0.405. The van der Waals surface area contributed by atoms with E-state index in [0.29, 0.717) is 11.5 Å². The zero-order valence-electron chi connectivity index (χ0n) is 10.3. The SMILES string of the molecule is CC(Cc1ccc(C(=O)Cl)cc1)c1ccccc1. The summed E-state index contributed by atoms with van der Waals surface area (Å²) in [5.74, 6) is 0.462. The maximum absolute atomic E-state index is 11.0. The van der Waals surface area contributed by atoms with Crippen LogP contribution >= 0.6 is 11.6 Å². The molecule has 2 aromatic rings. The molecule has 1 nitrogen and oxygen atoms in total. The monoisotopic (exact) mass is 258 g/mol. The topological polar surface area (TPSA) is 17.1 Å². The van der Waals surface area contributed by atoms with E-state index in [-0.39, 0.29) is 0 Å². The quantitative estimate of drug-likeness (QED) is 0.743. The van der Waals surface area contributed by atoms with Gasteiger partial charge < -0.3 is 0 Å². The number of benzene rings is 2. The molecule has 0 radical (unpaired) electrons. The first kappa shape index (κ1) is 12.8.